The van der Waals surface area contributed by atoms with Crippen molar-refractivity contribution in [3.8, 4) is 22.7 Å². The number of nitrogens with zero attached hydrogens (tertiary/aromatic N) is 4. The van der Waals surface area contributed by atoms with Crippen molar-refractivity contribution < 1.29 is 4.74 Å². The molecule has 24 heavy (non-hydrogen) atoms. The van der Waals surface area contributed by atoms with Crippen LogP contribution in [-0.4, -0.2) is 26.6 Å². The molecular formula is C18H13ClN4O. The van der Waals surface area contributed by atoms with Crippen LogP contribution in [0.2, 0.25) is 5.15 Å². The summed E-state index contributed by atoms with van der Waals surface area (Å²) >= 11 is 6.38. The fourth-order valence-electron chi connectivity index (χ4n) is 2.72. The van der Waals surface area contributed by atoms with Crippen LogP contribution in [0.3, 0.4) is 0 Å². The molecule has 0 radical (unpaired) electrons. The van der Waals surface area contributed by atoms with Crippen LogP contribution in [0.4, 0.5) is 0 Å². The normalized spacial score (nSPS) is 10.9. The summed E-state index contributed by atoms with van der Waals surface area (Å²) in [6, 6.07) is 13.8. The monoisotopic (exact) mass is 336 g/mol. The van der Waals surface area contributed by atoms with Crippen molar-refractivity contribution >= 4 is 22.6 Å². The lowest BCUT2D eigenvalue weighted by atomic mass is 10.1. The van der Waals surface area contributed by atoms with Crippen molar-refractivity contribution in [3.05, 3.63) is 66.3 Å². The van der Waals surface area contributed by atoms with Crippen LogP contribution in [0.5, 0.6) is 5.88 Å². The molecule has 118 valence electrons. The number of pyridine rings is 1. The molecule has 3 heterocycles. The number of fused-ring (bicyclic) bond motifs is 1. The van der Waals surface area contributed by atoms with Crippen LogP contribution in [0.15, 0.2) is 61.2 Å². The minimum Gasteiger partial charge on any atom is -0.481 e. The fourth-order valence-corrected chi connectivity index (χ4v) is 2.95. The van der Waals surface area contributed by atoms with Gasteiger partial charge in [-0.2, -0.15) is 0 Å². The Morgan fingerprint density at radius 2 is 1.88 bits per heavy atom. The SMILES string of the molecule is COc1cc(-c2cn(-c3ccccc3)c3ncnc(Cl)c23)ccn1. The number of halogens is 1. The number of rotatable bonds is 3. The molecule has 0 aliphatic carbocycles. The third-order valence-electron chi connectivity index (χ3n) is 3.83. The Labute approximate surface area is 143 Å². The van der Waals surface area contributed by atoms with Crippen molar-refractivity contribution in [1.29, 1.82) is 0 Å². The summed E-state index contributed by atoms with van der Waals surface area (Å²) in [6.45, 7) is 0. The molecule has 3 aromatic heterocycles. The summed E-state index contributed by atoms with van der Waals surface area (Å²) in [5, 5.41) is 1.22. The Hall–Kier alpha value is -2.92. The van der Waals surface area contributed by atoms with Crippen molar-refractivity contribution in [2.24, 2.45) is 0 Å². The molecule has 0 N–H and O–H groups in total. The lowest BCUT2D eigenvalue weighted by molar-refractivity contribution is 0.398. The molecule has 6 heteroatoms. The van der Waals surface area contributed by atoms with Crippen LogP contribution in [-0.2, 0) is 0 Å². The molecule has 0 fully saturated rings. The zero-order valence-corrected chi connectivity index (χ0v) is 13.6. The topological polar surface area (TPSA) is 52.8 Å². The Kier molecular flexibility index (Phi) is 3.63. The molecular weight excluding hydrogens is 324 g/mol. The molecule has 0 saturated carbocycles. The molecule has 0 spiro atoms. The van der Waals surface area contributed by atoms with Gasteiger partial charge in [0.15, 0.2) is 0 Å². The van der Waals surface area contributed by atoms with E-state index in [0.717, 1.165) is 27.8 Å². The Balaban J connectivity index is 2.02. The molecule has 4 rings (SSSR count). The lowest BCUT2D eigenvalue weighted by Crippen LogP contribution is -1.93. The first-order chi connectivity index (χ1) is 11.8. The highest BCUT2D eigenvalue weighted by Gasteiger charge is 2.16. The number of aromatic nitrogens is 4. The molecule has 0 atom stereocenters. The highest BCUT2D eigenvalue weighted by atomic mass is 35.5. The molecule has 1 aromatic carbocycles. The molecule has 0 amide bonds. The molecule has 0 bridgehead atoms. The zero-order chi connectivity index (χ0) is 16.5. The second-order valence-corrected chi connectivity index (χ2v) is 5.56. The van der Waals surface area contributed by atoms with E-state index in [2.05, 4.69) is 15.0 Å². The number of ether oxygens (including phenoxy) is 1. The molecule has 4 aromatic rings. The molecule has 0 unspecified atom stereocenters. The number of benzene rings is 1. The van der Waals surface area contributed by atoms with Crippen molar-refractivity contribution in [2.75, 3.05) is 7.11 Å². The summed E-state index contributed by atoms with van der Waals surface area (Å²) < 4.78 is 7.23. The molecule has 0 aliphatic heterocycles. The van der Waals surface area contributed by atoms with Crippen molar-refractivity contribution in [2.45, 2.75) is 0 Å². The second kappa shape index (κ2) is 5.94. The predicted molar refractivity (Wildman–Crippen MR) is 93.7 cm³/mol. The Morgan fingerprint density at radius 3 is 2.67 bits per heavy atom. The standard InChI is InChI=1S/C18H13ClN4O/c1-24-15-9-12(7-8-20-15)14-10-23(13-5-3-2-4-6-13)18-16(14)17(19)21-11-22-18/h2-11H,1H3. The van der Waals surface area contributed by atoms with E-state index in [0.29, 0.717) is 11.0 Å². The number of para-hydroxylation sites is 1. The summed E-state index contributed by atoms with van der Waals surface area (Å²) in [4.78, 5) is 12.7. The summed E-state index contributed by atoms with van der Waals surface area (Å²) in [5.41, 5.74) is 3.63. The van der Waals surface area contributed by atoms with Gasteiger partial charge >= 0.3 is 0 Å². The van der Waals surface area contributed by atoms with Crippen LogP contribution >= 0.6 is 11.6 Å². The Bertz CT molecular complexity index is 1010. The van der Waals surface area contributed by atoms with Crippen LogP contribution in [0, 0.1) is 0 Å². The smallest absolute Gasteiger partial charge is 0.213 e. The fraction of sp³-hybridized carbons (Fsp3) is 0.0556. The van der Waals surface area contributed by atoms with Gasteiger partial charge < -0.3 is 9.30 Å². The van der Waals surface area contributed by atoms with Gasteiger partial charge in [0.25, 0.3) is 0 Å². The minimum absolute atomic E-state index is 0.417. The third kappa shape index (κ3) is 2.39. The van der Waals surface area contributed by atoms with Gasteiger partial charge in [-0.05, 0) is 23.8 Å². The van der Waals surface area contributed by atoms with Gasteiger partial charge in [0.05, 0.1) is 12.5 Å². The van der Waals surface area contributed by atoms with E-state index < -0.39 is 0 Å². The summed E-state index contributed by atoms with van der Waals surface area (Å²) in [6.07, 6.45) is 5.19. The number of hydrogen-bond acceptors (Lipinski definition) is 4. The van der Waals surface area contributed by atoms with Gasteiger partial charge in [-0.3, -0.25) is 0 Å². The first-order valence-corrected chi connectivity index (χ1v) is 7.73. The minimum atomic E-state index is 0.417. The summed E-state index contributed by atoms with van der Waals surface area (Å²) in [5.74, 6) is 0.543. The van der Waals surface area contributed by atoms with E-state index in [1.807, 2.05) is 53.2 Å². The van der Waals surface area contributed by atoms with Gasteiger partial charge in [-0.1, -0.05) is 29.8 Å². The molecule has 0 saturated heterocycles. The quantitative estimate of drug-likeness (QED) is 0.527. The largest absolute Gasteiger partial charge is 0.481 e. The predicted octanol–water partition coefficient (Wildman–Crippen LogP) is 4.14. The van der Waals surface area contributed by atoms with E-state index in [1.165, 1.54) is 6.33 Å². The van der Waals surface area contributed by atoms with Gasteiger partial charge in [0.2, 0.25) is 5.88 Å². The number of methoxy groups -OCH3 is 1. The van der Waals surface area contributed by atoms with Gasteiger partial charge in [0, 0.05) is 29.7 Å². The second-order valence-electron chi connectivity index (χ2n) is 5.20. The van der Waals surface area contributed by atoms with Crippen LogP contribution in [0.1, 0.15) is 0 Å². The average molecular weight is 337 g/mol. The maximum Gasteiger partial charge on any atom is 0.213 e. The number of hydrogen-bond donors (Lipinski definition) is 0. The lowest BCUT2D eigenvalue weighted by Gasteiger charge is -2.03. The maximum atomic E-state index is 6.38. The van der Waals surface area contributed by atoms with Crippen molar-refractivity contribution in [1.82, 2.24) is 19.5 Å². The van der Waals surface area contributed by atoms with E-state index in [4.69, 9.17) is 16.3 Å². The Morgan fingerprint density at radius 1 is 1.04 bits per heavy atom. The van der Waals surface area contributed by atoms with E-state index in [9.17, 15) is 0 Å². The highest BCUT2D eigenvalue weighted by Crippen LogP contribution is 2.35. The van der Waals surface area contributed by atoms with Gasteiger partial charge in [-0.25, -0.2) is 15.0 Å². The third-order valence-corrected chi connectivity index (χ3v) is 4.11. The van der Waals surface area contributed by atoms with Crippen molar-refractivity contribution in [3.63, 3.8) is 0 Å². The van der Waals surface area contributed by atoms with Crippen LogP contribution in [0.25, 0.3) is 27.8 Å². The van der Waals surface area contributed by atoms with E-state index in [1.54, 1.807) is 13.3 Å². The van der Waals surface area contributed by atoms with E-state index >= 15 is 0 Å². The first-order valence-electron chi connectivity index (χ1n) is 7.35. The van der Waals surface area contributed by atoms with Crippen LogP contribution < -0.4 is 4.74 Å². The van der Waals surface area contributed by atoms with Gasteiger partial charge in [-0.15, -0.1) is 0 Å². The zero-order valence-electron chi connectivity index (χ0n) is 12.8. The first kappa shape index (κ1) is 14.7. The molecule has 5 nitrogen and oxygen atoms in total. The molecule has 0 aliphatic rings. The highest BCUT2D eigenvalue weighted by molar-refractivity contribution is 6.35. The average Bonchev–Trinajstić information content (AvgIpc) is 3.04. The van der Waals surface area contributed by atoms with Gasteiger partial charge in [0.1, 0.15) is 17.1 Å². The van der Waals surface area contributed by atoms with E-state index in [-0.39, 0.29) is 0 Å². The maximum absolute atomic E-state index is 6.38. The summed E-state index contributed by atoms with van der Waals surface area (Å²) in [7, 11) is 1.59.